The summed E-state index contributed by atoms with van der Waals surface area (Å²) in [4.78, 5) is 12.2. The van der Waals surface area contributed by atoms with Gasteiger partial charge in [-0.15, -0.1) is 0 Å². The fourth-order valence-corrected chi connectivity index (χ4v) is 2.39. The molecule has 0 saturated heterocycles. The molecular weight excluding hydrogens is 313 g/mol. The van der Waals surface area contributed by atoms with Crippen molar-refractivity contribution in [1.82, 2.24) is 4.57 Å². The second-order valence-corrected chi connectivity index (χ2v) is 6.17. The molecule has 0 aliphatic rings. The van der Waals surface area contributed by atoms with Gasteiger partial charge in [0.15, 0.2) is 0 Å². The largest absolute Gasteiger partial charge is 0.443 e. The van der Waals surface area contributed by atoms with Gasteiger partial charge < -0.3 is 4.74 Å². The van der Waals surface area contributed by atoms with Crippen LogP contribution in [-0.2, 0) is 4.74 Å². The van der Waals surface area contributed by atoms with E-state index in [1.165, 1.54) is 16.7 Å². The highest BCUT2D eigenvalue weighted by Crippen LogP contribution is 2.31. The Hall–Kier alpha value is -1.36. The van der Waals surface area contributed by atoms with E-state index in [9.17, 15) is 9.18 Å². The maximum absolute atomic E-state index is 13.3. The number of rotatable bonds is 0. The summed E-state index contributed by atoms with van der Waals surface area (Å²) in [5.41, 5.74) is 0.738. The van der Waals surface area contributed by atoms with Gasteiger partial charge in [0.2, 0.25) is 0 Å². The molecule has 0 bridgehead atoms. The van der Waals surface area contributed by atoms with Gasteiger partial charge in [-0.2, -0.15) is 0 Å². The molecule has 0 spiro atoms. The molecule has 1 heterocycles. The van der Waals surface area contributed by atoms with Crippen molar-refractivity contribution in [2.45, 2.75) is 33.3 Å². The van der Waals surface area contributed by atoms with E-state index in [0.29, 0.717) is 21.1 Å². The van der Waals surface area contributed by atoms with Crippen molar-refractivity contribution >= 4 is 32.9 Å². The summed E-state index contributed by atoms with van der Waals surface area (Å²) >= 11 is 3.39. The van der Waals surface area contributed by atoms with E-state index in [2.05, 4.69) is 15.9 Å². The number of hydrogen-bond acceptors (Lipinski definition) is 2. The van der Waals surface area contributed by atoms with Crippen LogP contribution in [0.4, 0.5) is 9.18 Å². The molecule has 0 aliphatic heterocycles. The van der Waals surface area contributed by atoms with E-state index in [-0.39, 0.29) is 5.82 Å². The van der Waals surface area contributed by atoms with Crippen LogP contribution < -0.4 is 0 Å². The van der Waals surface area contributed by atoms with Crippen LogP contribution in [0, 0.1) is 12.7 Å². The third kappa shape index (κ3) is 2.66. The van der Waals surface area contributed by atoms with Gasteiger partial charge >= 0.3 is 6.09 Å². The molecule has 0 amide bonds. The molecule has 0 N–H and O–H groups in total. The van der Waals surface area contributed by atoms with E-state index in [1.807, 2.05) is 0 Å². The maximum atomic E-state index is 13.3. The van der Waals surface area contributed by atoms with Crippen LogP contribution in [0.25, 0.3) is 10.9 Å². The lowest BCUT2D eigenvalue weighted by atomic mass is 10.2. The number of carbonyl (C=O) groups excluding carboxylic acids is 1. The minimum atomic E-state index is -0.577. The molecule has 5 heteroatoms. The third-order valence-electron chi connectivity index (χ3n) is 2.67. The smallest absolute Gasteiger partial charge is 0.419 e. The molecule has 2 aromatic rings. The first kappa shape index (κ1) is 14.1. The average molecular weight is 328 g/mol. The second-order valence-electron chi connectivity index (χ2n) is 5.38. The zero-order valence-electron chi connectivity index (χ0n) is 11.3. The van der Waals surface area contributed by atoms with E-state index >= 15 is 0 Å². The Morgan fingerprint density at radius 1 is 1.37 bits per heavy atom. The first-order chi connectivity index (χ1) is 8.70. The molecule has 2 rings (SSSR count). The Balaban J connectivity index is 2.61. The van der Waals surface area contributed by atoms with Crippen LogP contribution in [0.5, 0.6) is 0 Å². The molecule has 1 aromatic heterocycles. The predicted octanol–water partition coefficient (Wildman–Crippen LogP) is 4.63. The van der Waals surface area contributed by atoms with Crippen molar-refractivity contribution < 1.29 is 13.9 Å². The number of halogens is 2. The monoisotopic (exact) mass is 327 g/mol. The quantitative estimate of drug-likeness (QED) is 0.706. The molecule has 102 valence electrons. The van der Waals surface area contributed by atoms with Gasteiger partial charge in [0.25, 0.3) is 0 Å². The molecule has 0 radical (unpaired) electrons. The number of ether oxygens (including phenoxy) is 1. The van der Waals surface area contributed by atoms with Crippen LogP contribution in [-0.4, -0.2) is 16.3 Å². The highest BCUT2D eigenvalue weighted by atomic mass is 79.9. The lowest BCUT2D eigenvalue weighted by molar-refractivity contribution is 0.0541. The molecule has 0 unspecified atom stereocenters. The highest BCUT2D eigenvalue weighted by Gasteiger charge is 2.23. The molecule has 0 saturated carbocycles. The van der Waals surface area contributed by atoms with E-state index < -0.39 is 11.7 Å². The summed E-state index contributed by atoms with van der Waals surface area (Å²) in [6.07, 6.45) is -0.465. The lowest BCUT2D eigenvalue weighted by Crippen LogP contribution is -2.27. The summed E-state index contributed by atoms with van der Waals surface area (Å²) in [5, 5.41) is 0.656. The summed E-state index contributed by atoms with van der Waals surface area (Å²) in [5.74, 6) is -0.338. The minimum absolute atomic E-state index is 0.338. The van der Waals surface area contributed by atoms with Crippen molar-refractivity contribution in [3.05, 3.63) is 34.2 Å². The third-order valence-corrected chi connectivity index (χ3v) is 3.67. The van der Waals surface area contributed by atoms with Crippen LogP contribution in [0.3, 0.4) is 0 Å². The van der Waals surface area contributed by atoms with E-state index in [4.69, 9.17) is 4.74 Å². The molecule has 0 fully saturated rings. The highest BCUT2D eigenvalue weighted by molar-refractivity contribution is 9.10. The predicted molar refractivity (Wildman–Crippen MR) is 76.0 cm³/mol. The van der Waals surface area contributed by atoms with Gasteiger partial charge in [0.1, 0.15) is 11.4 Å². The van der Waals surface area contributed by atoms with E-state index in [1.54, 1.807) is 33.8 Å². The Bertz CT molecular complexity index is 655. The van der Waals surface area contributed by atoms with Crippen molar-refractivity contribution in [1.29, 1.82) is 0 Å². The Kier molecular flexibility index (Phi) is 3.43. The number of fused-ring (bicyclic) bond motifs is 1. The summed E-state index contributed by atoms with van der Waals surface area (Å²) in [6.45, 7) is 7.20. The van der Waals surface area contributed by atoms with Gasteiger partial charge in [-0.25, -0.2) is 13.8 Å². The maximum Gasteiger partial charge on any atom is 0.419 e. The number of hydrogen-bond donors (Lipinski definition) is 0. The van der Waals surface area contributed by atoms with Crippen molar-refractivity contribution in [2.75, 3.05) is 0 Å². The van der Waals surface area contributed by atoms with Crippen molar-refractivity contribution in [3.8, 4) is 0 Å². The first-order valence-electron chi connectivity index (χ1n) is 5.90. The van der Waals surface area contributed by atoms with Crippen LogP contribution in [0.2, 0.25) is 0 Å². The van der Waals surface area contributed by atoms with Crippen molar-refractivity contribution in [3.63, 3.8) is 0 Å². The van der Waals surface area contributed by atoms with Gasteiger partial charge in [-0.05, 0) is 61.8 Å². The average Bonchev–Trinajstić information content (AvgIpc) is 2.50. The molecule has 0 atom stereocenters. The van der Waals surface area contributed by atoms with Crippen LogP contribution >= 0.6 is 15.9 Å². The van der Waals surface area contributed by atoms with Crippen molar-refractivity contribution in [2.24, 2.45) is 0 Å². The summed E-state index contributed by atoms with van der Waals surface area (Å²) in [7, 11) is 0. The fourth-order valence-electron chi connectivity index (χ4n) is 1.90. The van der Waals surface area contributed by atoms with E-state index in [0.717, 1.165) is 0 Å². The molecule has 0 aliphatic carbocycles. The summed E-state index contributed by atoms with van der Waals surface area (Å²) < 4.78 is 20.8. The van der Waals surface area contributed by atoms with Gasteiger partial charge in [-0.3, -0.25) is 0 Å². The lowest BCUT2D eigenvalue weighted by Gasteiger charge is -2.20. The number of nitrogens with zero attached hydrogens (tertiary/aromatic N) is 1. The molecule has 3 nitrogen and oxygen atoms in total. The number of aromatic nitrogens is 1. The minimum Gasteiger partial charge on any atom is -0.443 e. The first-order valence-corrected chi connectivity index (χ1v) is 6.69. The normalized spacial score (nSPS) is 11.9. The topological polar surface area (TPSA) is 31.2 Å². The van der Waals surface area contributed by atoms with Crippen LogP contribution in [0.15, 0.2) is 22.7 Å². The Morgan fingerprint density at radius 3 is 2.58 bits per heavy atom. The zero-order chi connectivity index (χ0) is 14.4. The fraction of sp³-hybridized carbons (Fsp3) is 0.357. The molecular formula is C14H15BrFNO2. The standard InChI is InChI=1S/C14H15BrFNO2/c1-8-12(15)10-7-9(16)5-6-11(10)17(8)13(18)19-14(2,3)4/h5-7H,1-4H3. The summed E-state index contributed by atoms with van der Waals surface area (Å²) in [6, 6.07) is 4.30. The van der Waals surface area contributed by atoms with Gasteiger partial charge in [0, 0.05) is 15.6 Å². The number of carbonyl (C=O) groups is 1. The number of benzene rings is 1. The second kappa shape index (κ2) is 4.63. The SMILES string of the molecule is Cc1c(Br)c2cc(F)ccc2n1C(=O)OC(C)(C)C. The van der Waals surface area contributed by atoms with Gasteiger partial charge in [0.05, 0.1) is 5.52 Å². The molecule has 19 heavy (non-hydrogen) atoms. The Morgan fingerprint density at radius 2 is 2.00 bits per heavy atom. The Labute approximate surface area is 119 Å². The van der Waals surface area contributed by atoms with Gasteiger partial charge in [-0.1, -0.05) is 0 Å². The zero-order valence-corrected chi connectivity index (χ0v) is 12.8. The molecule has 1 aromatic carbocycles. The van der Waals surface area contributed by atoms with Crippen LogP contribution in [0.1, 0.15) is 26.5 Å².